The van der Waals surface area contributed by atoms with Gasteiger partial charge in [0.25, 0.3) is 0 Å². The fraction of sp³-hybridized carbons (Fsp3) is 0.0526. The van der Waals surface area contributed by atoms with Crippen molar-refractivity contribution in [2.75, 3.05) is 12.4 Å². The first-order chi connectivity index (χ1) is 12.7. The number of thiazole rings is 1. The van der Waals surface area contributed by atoms with Gasteiger partial charge in [0.1, 0.15) is 5.82 Å². The highest BCUT2D eigenvalue weighted by Gasteiger charge is 2.14. The molecule has 5 nitrogen and oxygen atoms in total. The van der Waals surface area contributed by atoms with Gasteiger partial charge in [-0.25, -0.2) is 14.2 Å². The fourth-order valence-electron chi connectivity index (χ4n) is 2.59. The zero-order valence-corrected chi connectivity index (χ0v) is 14.5. The van der Waals surface area contributed by atoms with Crippen molar-refractivity contribution in [2.45, 2.75) is 0 Å². The highest BCUT2D eigenvalue weighted by molar-refractivity contribution is 7.14. The lowest BCUT2D eigenvalue weighted by molar-refractivity contribution is 0.407. The Morgan fingerprint density at radius 3 is 2.85 bits per heavy atom. The van der Waals surface area contributed by atoms with Crippen LogP contribution in [0.4, 0.5) is 15.2 Å². The van der Waals surface area contributed by atoms with E-state index in [2.05, 4.69) is 10.3 Å². The zero-order valence-electron chi connectivity index (χ0n) is 13.7. The van der Waals surface area contributed by atoms with Gasteiger partial charge in [-0.15, -0.1) is 11.3 Å². The fourth-order valence-corrected chi connectivity index (χ4v) is 3.31. The molecule has 4 rings (SSSR count). The van der Waals surface area contributed by atoms with E-state index in [1.807, 2.05) is 12.1 Å². The van der Waals surface area contributed by atoms with Crippen LogP contribution >= 0.6 is 11.3 Å². The van der Waals surface area contributed by atoms with Crippen molar-refractivity contribution in [3.8, 4) is 17.0 Å². The number of ether oxygens (including phenoxy) is 1. The number of halogens is 1. The maximum atomic E-state index is 13.8. The molecule has 0 saturated carbocycles. The van der Waals surface area contributed by atoms with Crippen LogP contribution in [-0.2, 0) is 0 Å². The van der Waals surface area contributed by atoms with E-state index in [-0.39, 0.29) is 5.82 Å². The Hall–Kier alpha value is -3.19. The molecule has 0 aliphatic carbocycles. The Bertz CT molecular complexity index is 1150. The lowest BCUT2D eigenvalue weighted by Gasteiger charge is -2.05. The van der Waals surface area contributed by atoms with Crippen molar-refractivity contribution < 1.29 is 13.5 Å². The highest BCUT2D eigenvalue weighted by Crippen LogP contribution is 2.30. The molecule has 0 spiro atoms. The summed E-state index contributed by atoms with van der Waals surface area (Å²) in [5.41, 5.74) is 1.01. The molecule has 1 N–H and O–H groups in total. The maximum Gasteiger partial charge on any atom is 0.345 e. The number of hydrogen-bond donors (Lipinski definition) is 1. The number of aromatic nitrogens is 1. The van der Waals surface area contributed by atoms with Crippen LogP contribution in [0.5, 0.6) is 5.75 Å². The minimum Gasteiger partial charge on any atom is -0.493 e. The lowest BCUT2D eigenvalue weighted by atomic mass is 10.1. The first-order valence-corrected chi connectivity index (χ1v) is 8.62. The van der Waals surface area contributed by atoms with Crippen molar-refractivity contribution in [1.29, 1.82) is 0 Å². The minimum absolute atomic E-state index is 0.323. The smallest absolute Gasteiger partial charge is 0.345 e. The van der Waals surface area contributed by atoms with E-state index in [1.54, 1.807) is 35.7 Å². The van der Waals surface area contributed by atoms with E-state index < -0.39 is 5.63 Å². The molecule has 4 aromatic rings. The largest absolute Gasteiger partial charge is 0.493 e. The standard InChI is InChI=1S/C19H13FN2O3S/c1-24-16-8-4-5-11-9-12(18(23)25-17(11)16)15-10-26-19(22-15)21-14-7-3-2-6-13(14)20/h2-10H,1H3,(H,21,22). The van der Waals surface area contributed by atoms with Gasteiger partial charge < -0.3 is 14.5 Å². The molecule has 0 atom stereocenters. The van der Waals surface area contributed by atoms with Gasteiger partial charge in [-0.05, 0) is 24.3 Å². The Kier molecular flexibility index (Phi) is 4.14. The number of fused-ring (bicyclic) bond motifs is 1. The molecular formula is C19H13FN2O3S. The van der Waals surface area contributed by atoms with Crippen molar-refractivity contribution in [3.63, 3.8) is 0 Å². The summed E-state index contributed by atoms with van der Waals surface area (Å²) in [6.45, 7) is 0. The summed E-state index contributed by atoms with van der Waals surface area (Å²) >= 11 is 1.28. The van der Waals surface area contributed by atoms with Crippen LogP contribution in [0.1, 0.15) is 0 Å². The van der Waals surface area contributed by atoms with E-state index in [0.717, 1.165) is 5.39 Å². The number of para-hydroxylation sites is 2. The van der Waals surface area contributed by atoms with Gasteiger partial charge in [-0.2, -0.15) is 0 Å². The molecule has 2 aromatic heterocycles. The van der Waals surface area contributed by atoms with Gasteiger partial charge in [0.15, 0.2) is 16.5 Å². The first-order valence-electron chi connectivity index (χ1n) is 7.74. The van der Waals surface area contributed by atoms with Crippen LogP contribution in [0.25, 0.3) is 22.2 Å². The molecule has 2 heterocycles. The summed E-state index contributed by atoms with van der Waals surface area (Å²) in [4.78, 5) is 16.8. The Labute approximate surface area is 151 Å². The third kappa shape index (κ3) is 2.93. The molecule has 130 valence electrons. The molecule has 0 saturated heterocycles. The minimum atomic E-state index is -0.509. The summed E-state index contributed by atoms with van der Waals surface area (Å²) in [6, 6.07) is 13.4. The van der Waals surface area contributed by atoms with E-state index >= 15 is 0 Å². The number of anilines is 2. The zero-order chi connectivity index (χ0) is 18.1. The number of methoxy groups -OCH3 is 1. The predicted molar refractivity (Wildman–Crippen MR) is 99.8 cm³/mol. The van der Waals surface area contributed by atoms with Crippen molar-refractivity contribution in [3.05, 3.63) is 70.1 Å². The summed E-state index contributed by atoms with van der Waals surface area (Å²) in [5.74, 6) is 0.118. The van der Waals surface area contributed by atoms with Crippen molar-refractivity contribution in [2.24, 2.45) is 0 Å². The number of rotatable bonds is 4. The molecule has 0 aliphatic rings. The highest BCUT2D eigenvalue weighted by atomic mass is 32.1. The molecule has 0 bridgehead atoms. The number of hydrogen-bond acceptors (Lipinski definition) is 6. The molecule has 0 fully saturated rings. The van der Waals surface area contributed by atoms with Crippen LogP contribution < -0.4 is 15.7 Å². The second-order valence-corrected chi connectivity index (χ2v) is 6.33. The second kappa shape index (κ2) is 6.61. The first kappa shape index (κ1) is 16.3. The van der Waals surface area contributed by atoms with Crippen LogP contribution in [0.15, 0.2) is 63.1 Å². The van der Waals surface area contributed by atoms with Crippen LogP contribution in [-0.4, -0.2) is 12.1 Å². The summed E-state index contributed by atoms with van der Waals surface area (Å²) in [5, 5.41) is 5.85. The van der Waals surface area contributed by atoms with E-state index in [9.17, 15) is 9.18 Å². The van der Waals surface area contributed by atoms with Crippen molar-refractivity contribution >= 4 is 33.1 Å². The van der Waals surface area contributed by atoms with Gasteiger partial charge in [0.2, 0.25) is 0 Å². The SMILES string of the molecule is COc1cccc2cc(-c3csc(Nc4ccccc4F)n3)c(=O)oc12. The Morgan fingerprint density at radius 2 is 2.04 bits per heavy atom. The predicted octanol–water partition coefficient (Wildman–Crippen LogP) is 4.81. The van der Waals surface area contributed by atoms with Crippen LogP contribution in [0.2, 0.25) is 0 Å². The summed E-state index contributed by atoms with van der Waals surface area (Å²) in [7, 11) is 1.52. The molecule has 2 aromatic carbocycles. The Morgan fingerprint density at radius 1 is 1.19 bits per heavy atom. The van der Waals surface area contributed by atoms with Gasteiger partial charge in [0, 0.05) is 10.8 Å². The van der Waals surface area contributed by atoms with Crippen LogP contribution in [0.3, 0.4) is 0 Å². The molecule has 0 amide bonds. The number of nitrogens with zero attached hydrogens (tertiary/aromatic N) is 1. The maximum absolute atomic E-state index is 13.8. The van der Waals surface area contributed by atoms with E-state index in [0.29, 0.717) is 33.4 Å². The Balaban J connectivity index is 1.73. The van der Waals surface area contributed by atoms with E-state index in [1.165, 1.54) is 24.5 Å². The second-order valence-electron chi connectivity index (χ2n) is 5.47. The molecular weight excluding hydrogens is 355 g/mol. The number of nitrogens with one attached hydrogen (secondary N) is 1. The molecule has 7 heteroatoms. The van der Waals surface area contributed by atoms with Crippen LogP contribution in [0, 0.1) is 5.82 Å². The summed E-state index contributed by atoms with van der Waals surface area (Å²) in [6.07, 6.45) is 0. The third-order valence-electron chi connectivity index (χ3n) is 3.84. The van der Waals surface area contributed by atoms with Gasteiger partial charge >= 0.3 is 5.63 Å². The van der Waals surface area contributed by atoms with Gasteiger partial charge in [0.05, 0.1) is 24.1 Å². The molecule has 0 radical (unpaired) electrons. The quantitative estimate of drug-likeness (QED) is 0.524. The van der Waals surface area contributed by atoms with Gasteiger partial charge in [-0.1, -0.05) is 24.3 Å². The molecule has 0 aliphatic heterocycles. The van der Waals surface area contributed by atoms with Crippen molar-refractivity contribution in [1.82, 2.24) is 4.98 Å². The van der Waals surface area contributed by atoms with E-state index in [4.69, 9.17) is 9.15 Å². The topological polar surface area (TPSA) is 64.4 Å². The normalized spacial score (nSPS) is 10.8. The lowest BCUT2D eigenvalue weighted by Crippen LogP contribution is -2.03. The molecule has 0 unspecified atom stereocenters. The monoisotopic (exact) mass is 368 g/mol. The van der Waals surface area contributed by atoms with Gasteiger partial charge in [-0.3, -0.25) is 0 Å². The third-order valence-corrected chi connectivity index (χ3v) is 4.60. The number of benzene rings is 2. The average Bonchev–Trinajstić information content (AvgIpc) is 3.11. The average molecular weight is 368 g/mol. The summed E-state index contributed by atoms with van der Waals surface area (Å²) < 4.78 is 24.4. The molecule has 26 heavy (non-hydrogen) atoms.